The van der Waals surface area contributed by atoms with Crippen LogP contribution in [0.4, 0.5) is 0 Å². The number of halogens is 1. The Bertz CT molecular complexity index is 320. The van der Waals surface area contributed by atoms with E-state index in [4.69, 9.17) is 0 Å². The fourth-order valence-electron chi connectivity index (χ4n) is 1.41. The molecule has 0 spiro atoms. The summed E-state index contributed by atoms with van der Waals surface area (Å²) in [5.74, 6) is 0. The van der Waals surface area contributed by atoms with E-state index in [1.807, 2.05) is 0 Å². The molecular weight excluding hydrogens is 285 g/mol. The topological polar surface area (TPSA) is 3.24 Å². The molecule has 0 heterocycles. The van der Waals surface area contributed by atoms with Gasteiger partial charge in [0.25, 0.3) is 0 Å². The zero-order chi connectivity index (χ0) is 10.7. The maximum Gasteiger partial charge on any atom is 0.0233 e. The Morgan fingerprint density at radius 2 is 1.86 bits per heavy atom. The third-order valence-electron chi connectivity index (χ3n) is 2.60. The van der Waals surface area contributed by atoms with Gasteiger partial charge in [0.15, 0.2) is 0 Å². The van der Waals surface area contributed by atoms with E-state index in [1.54, 1.807) is 0 Å². The van der Waals surface area contributed by atoms with E-state index in [1.165, 1.54) is 20.3 Å². The minimum Gasteiger partial charge on any atom is -0.302 e. The molecular formula is C12H18IN. The second kappa shape index (κ2) is 5.12. The van der Waals surface area contributed by atoms with Crippen LogP contribution in [0.15, 0.2) is 12.1 Å². The lowest BCUT2D eigenvalue weighted by Gasteiger charge is -2.16. The van der Waals surface area contributed by atoms with Crippen LogP contribution in [0.5, 0.6) is 0 Å². The first-order valence-corrected chi connectivity index (χ1v) is 6.06. The predicted molar refractivity (Wildman–Crippen MR) is 70.6 cm³/mol. The van der Waals surface area contributed by atoms with E-state index in [0.717, 1.165) is 13.1 Å². The van der Waals surface area contributed by atoms with Crippen molar-refractivity contribution in [2.24, 2.45) is 0 Å². The highest BCUT2D eigenvalue weighted by atomic mass is 127. The summed E-state index contributed by atoms with van der Waals surface area (Å²) >= 11 is 2.40. The van der Waals surface area contributed by atoms with Gasteiger partial charge in [-0.25, -0.2) is 0 Å². The highest BCUT2D eigenvalue weighted by Crippen LogP contribution is 2.18. The molecule has 0 aliphatic carbocycles. The first-order valence-electron chi connectivity index (χ1n) is 4.98. The molecule has 0 aromatic heterocycles. The van der Waals surface area contributed by atoms with Gasteiger partial charge in [0.2, 0.25) is 0 Å². The Kier molecular flexibility index (Phi) is 4.38. The van der Waals surface area contributed by atoms with Crippen molar-refractivity contribution in [3.8, 4) is 0 Å². The smallest absolute Gasteiger partial charge is 0.0233 e. The normalized spacial score (nSPS) is 11.0. The van der Waals surface area contributed by atoms with Gasteiger partial charge in [-0.05, 0) is 72.8 Å². The molecule has 1 nitrogen and oxygen atoms in total. The first kappa shape index (κ1) is 12.0. The van der Waals surface area contributed by atoms with Gasteiger partial charge in [0, 0.05) is 10.1 Å². The van der Waals surface area contributed by atoms with Crippen molar-refractivity contribution in [2.45, 2.75) is 27.3 Å². The second-order valence-corrected chi connectivity index (χ2v) is 5.02. The van der Waals surface area contributed by atoms with Crippen LogP contribution in [-0.2, 0) is 6.54 Å². The van der Waals surface area contributed by atoms with Crippen molar-refractivity contribution in [3.63, 3.8) is 0 Å². The van der Waals surface area contributed by atoms with Crippen LogP contribution in [0.3, 0.4) is 0 Å². The molecule has 0 N–H and O–H groups in total. The minimum atomic E-state index is 1.06. The third-order valence-corrected chi connectivity index (χ3v) is 3.76. The number of nitrogens with zero attached hydrogens (tertiary/aromatic N) is 1. The van der Waals surface area contributed by atoms with E-state index < -0.39 is 0 Å². The summed E-state index contributed by atoms with van der Waals surface area (Å²) in [6.07, 6.45) is 0. The van der Waals surface area contributed by atoms with Crippen molar-refractivity contribution in [2.75, 3.05) is 13.6 Å². The van der Waals surface area contributed by atoms with Crippen LogP contribution in [0, 0.1) is 17.4 Å². The summed E-state index contributed by atoms with van der Waals surface area (Å²) in [6.45, 7) is 8.72. The lowest BCUT2D eigenvalue weighted by molar-refractivity contribution is 0.345. The Morgan fingerprint density at radius 3 is 2.43 bits per heavy atom. The highest BCUT2D eigenvalue weighted by molar-refractivity contribution is 14.1. The van der Waals surface area contributed by atoms with Crippen molar-refractivity contribution in [3.05, 3.63) is 32.4 Å². The van der Waals surface area contributed by atoms with E-state index in [2.05, 4.69) is 67.4 Å². The molecule has 0 fully saturated rings. The van der Waals surface area contributed by atoms with Crippen LogP contribution in [0.2, 0.25) is 0 Å². The molecule has 2 heteroatoms. The lowest BCUT2D eigenvalue weighted by Crippen LogP contribution is -2.17. The Morgan fingerprint density at radius 1 is 1.21 bits per heavy atom. The molecule has 0 saturated carbocycles. The van der Waals surface area contributed by atoms with Gasteiger partial charge in [-0.3, -0.25) is 0 Å². The number of rotatable bonds is 3. The molecule has 0 amide bonds. The standard InChI is InChI=1S/C12H18IN/c1-5-14(4)8-11-6-10(3)12(13)7-9(11)2/h6-7H,5,8H2,1-4H3. The van der Waals surface area contributed by atoms with Crippen LogP contribution in [0.1, 0.15) is 23.6 Å². The van der Waals surface area contributed by atoms with E-state index in [9.17, 15) is 0 Å². The van der Waals surface area contributed by atoms with E-state index in [0.29, 0.717) is 0 Å². The molecule has 78 valence electrons. The molecule has 0 atom stereocenters. The van der Waals surface area contributed by atoms with Gasteiger partial charge in [-0.15, -0.1) is 0 Å². The maximum absolute atomic E-state index is 2.40. The molecule has 1 aromatic rings. The SMILES string of the molecule is CCN(C)Cc1cc(C)c(I)cc1C. The van der Waals surface area contributed by atoms with Crippen molar-refractivity contribution in [1.82, 2.24) is 4.90 Å². The molecule has 0 unspecified atom stereocenters. The van der Waals surface area contributed by atoms with Crippen molar-refractivity contribution < 1.29 is 0 Å². The van der Waals surface area contributed by atoms with Gasteiger partial charge < -0.3 is 4.90 Å². The predicted octanol–water partition coefficient (Wildman–Crippen LogP) is 3.36. The summed E-state index contributed by atoms with van der Waals surface area (Å²) in [7, 11) is 2.16. The number of hydrogen-bond acceptors (Lipinski definition) is 1. The van der Waals surface area contributed by atoms with Gasteiger partial charge in [-0.2, -0.15) is 0 Å². The maximum atomic E-state index is 2.40. The molecule has 14 heavy (non-hydrogen) atoms. The fraction of sp³-hybridized carbons (Fsp3) is 0.500. The second-order valence-electron chi connectivity index (χ2n) is 3.86. The van der Waals surface area contributed by atoms with Crippen molar-refractivity contribution in [1.29, 1.82) is 0 Å². The number of aryl methyl sites for hydroxylation is 2. The molecule has 0 aliphatic heterocycles. The first-order chi connectivity index (χ1) is 6.54. The molecule has 0 radical (unpaired) electrons. The Balaban J connectivity index is 2.92. The van der Waals surface area contributed by atoms with Crippen LogP contribution >= 0.6 is 22.6 Å². The number of hydrogen-bond donors (Lipinski definition) is 0. The van der Waals surface area contributed by atoms with Gasteiger partial charge in [-0.1, -0.05) is 13.0 Å². The summed E-state index contributed by atoms with van der Waals surface area (Å²) in [5.41, 5.74) is 4.24. The molecule has 0 bridgehead atoms. The minimum absolute atomic E-state index is 1.06. The summed E-state index contributed by atoms with van der Waals surface area (Å²) in [4.78, 5) is 2.33. The highest BCUT2D eigenvalue weighted by Gasteiger charge is 2.04. The molecule has 1 aromatic carbocycles. The zero-order valence-electron chi connectivity index (χ0n) is 9.39. The van der Waals surface area contributed by atoms with Gasteiger partial charge >= 0.3 is 0 Å². The van der Waals surface area contributed by atoms with Gasteiger partial charge in [0.1, 0.15) is 0 Å². The van der Waals surface area contributed by atoms with Crippen LogP contribution in [-0.4, -0.2) is 18.5 Å². The quantitative estimate of drug-likeness (QED) is 0.774. The van der Waals surface area contributed by atoms with Gasteiger partial charge in [0.05, 0.1) is 0 Å². The fourth-order valence-corrected chi connectivity index (χ4v) is 2.04. The lowest BCUT2D eigenvalue weighted by atomic mass is 10.1. The van der Waals surface area contributed by atoms with Crippen molar-refractivity contribution >= 4 is 22.6 Å². The Hall–Kier alpha value is -0.0900. The Labute approximate surface area is 101 Å². The molecule has 0 aliphatic rings. The molecule has 0 saturated heterocycles. The number of benzene rings is 1. The average Bonchev–Trinajstić information content (AvgIpc) is 2.14. The van der Waals surface area contributed by atoms with E-state index >= 15 is 0 Å². The molecule has 1 rings (SSSR count). The summed E-state index contributed by atoms with van der Waals surface area (Å²) < 4.78 is 1.36. The van der Waals surface area contributed by atoms with Crippen LogP contribution in [0.25, 0.3) is 0 Å². The average molecular weight is 303 g/mol. The largest absolute Gasteiger partial charge is 0.302 e. The summed E-state index contributed by atoms with van der Waals surface area (Å²) in [5, 5.41) is 0. The summed E-state index contributed by atoms with van der Waals surface area (Å²) in [6, 6.07) is 4.58. The van der Waals surface area contributed by atoms with E-state index in [-0.39, 0.29) is 0 Å². The van der Waals surface area contributed by atoms with Crippen LogP contribution < -0.4 is 0 Å². The third kappa shape index (κ3) is 2.95. The zero-order valence-corrected chi connectivity index (χ0v) is 11.6. The monoisotopic (exact) mass is 303 g/mol.